The molecule has 1 rings (SSSR count). The molecule has 0 radical (unpaired) electrons. The fraction of sp³-hybridized carbons (Fsp3) is 0.745. The second-order valence-electron chi connectivity index (χ2n) is 16.7. The SMILES string of the molecule is CC/C=C\C/C=C\C/C=C\C/C=C\C/C=C\C/C=C\CCC(=O)OC(COCCCCCCCCCCCCCCCCCCCC)COC1OC(CO)C(O)C(OS(=O)(=O)O)C1O. The maximum absolute atomic E-state index is 12.8. The number of allylic oxidation sites excluding steroid dienone is 12. The van der Waals surface area contributed by atoms with E-state index in [0.29, 0.717) is 13.0 Å². The Morgan fingerprint density at radius 1 is 0.609 bits per heavy atom. The maximum Gasteiger partial charge on any atom is 0.397 e. The highest BCUT2D eigenvalue weighted by atomic mass is 32.3. The molecule has 0 aromatic rings. The Morgan fingerprint density at radius 3 is 1.48 bits per heavy atom. The number of hydrogen-bond acceptors (Lipinski definition) is 11. The molecule has 0 saturated carbocycles. The summed E-state index contributed by atoms with van der Waals surface area (Å²) in [6, 6.07) is 0. The number of esters is 1. The third kappa shape index (κ3) is 34.8. The Labute approximate surface area is 388 Å². The van der Waals surface area contributed by atoms with Gasteiger partial charge in [0.15, 0.2) is 6.29 Å². The van der Waals surface area contributed by atoms with Crippen LogP contribution in [0.25, 0.3) is 0 Å². The van der Waals surface area contributed by atoms with E-state index < -0.39 is 59.8 Å². The summed E-state index contributed by atoms with van der Waals surface area (Å²) in [7, 11) is -5.08. The quantitative estimate of drug-likeness (QED) is 0.0197. The molecule has 1 aliphatic heterocycles. The molecule has 0 aliphatic carbocycles. The predicted octanol–water partition coefficient (Wildman–Crippen LogP) is 11.1. The molecule has 13 heteroatoms. The van der Waals surface area contributed by atoms with E-state index in [9.17, 15) is 33.1 Å². The molecule has 0 bridgehead atoms. The van der Waals surface area contributed by atoms with Crippen LogP contribution in [0.5, 0.6) is 0 Å². The summed E-state index contributed by atoms with van der Waals surface area (Å²) in [5.41, 5.74) is 0. The topological polar surface area (TPSA) is 178 Å². The standard InChI is InChI=1S/C51H88O12S/c1-3-5-7-9-11-13-15-17-19-21-23-24-26-28-30-32-34-36-38-40-47(53)61-45(44-60-51-49(55)50(63-64(56,57)58)48(54)46(42-52)62-51)43-59-41-39-37-35-33-31-29-27-25-22-20-18-16-14-12-10-8-6-4-2/h5,7,11,13,17,19,23-24,28,30,34,36,45-46,48-52,54-55H,3-4,6,8-10,12,14-16,18,20-22,25-27,29,31-33,35,37-44H2,1-2H3,(H,56,57,58)/b7-5-,13-11-,19-17-,24-23-,30-28-,36-34-. The Hall–Kier alpha value is -2.46. The highest BCUT2D eigenvalue weighted by Crippen LogP contribution is 2.26. The lowest BCUT2D eigenvalue weighted by Crippen LogP contribution is -2.60. The molecule has 1 saturated heterocycles. The van der Waals surface area contributed by atoms with Gasteiger partial charge in [-0.25, -0.2) is 4.18 Å². The van der Waals surface area contributed by atoms with E-state index in [-0.39, 0.29) is 19.6 Å². The summed E-state index contributed by atoms with van der Waals surface area (Å²) in [6.07, 6.45) is 45.2. The fourth-order valence-electron chi connectivity index (χ4n) is 7.17. The van der Waals surface area contributed by atoms with Crippen molar-refractivity contribution in [1.82, 2.24) is 0 Å². The van der Waals surface area contributed by atoms with Crippen LogP contribution in [0.15, 0.2) is 72.9 Å². The summed E-state index contributed by atoms with van der Waals surface area (Å²) >= 11 is 0. The van der Waals surface area contributed by atoms with Crippen molar-refractivity contribution in [2.24, 2.45) is 0 Å². The van der Waals surface area contributed by atoms with Crippen molar-refractivity contribution in [3.05, 3.63) is 72.9 Å². The Kier molecular flexibility index (Phi) is 39.0. The van der Waals surface area contributed by atoms with Gasteiger partial charge in [0.2, 0.25) is 0 Å². The average Bonchev–Trinajstić information content (AvgIpc) is 3.27. The molecule has 4 N–H and O–H groups in total. The molecule has 1 fully saturated rings. The van der Waals surface area contributed by atoms with Gasteiger partial charge in [-0.1, -0.05) is 196 Å². The molecule has 6 unspecified atom stereocenters. The smallest absolute Gasteiger partial charge is 0.397 e. The zero-order chi connectivity index (χ0) is 46.8. The van der Waals surface area contributed by atoms with Gasteiger partial charge in [-0.05, 0) is 51.4 Å². The van der Waals surface area contributed by atoms with E-state index in [2.05, 4.69) is 78.8 Å². The van der Waals surface area contributed by atoms with Gasteiger partial charge in [0, 0.05) is 13.0 Å². The molecule has 12 nitrogen and oxygen atoms in total. The van der Waals surface area contributed by atoms with Crippen molar-refractivity contribution in [3.8, 4) is 0 Å². The van der Waals surface area contributed by atoms with Gasteiger partial charge in [0.25, 0.3) is 0 Å². The zero-order valence-corrected chi connectivity index (χ0v) is 40.4. The molecular formula is C51H88O12S. The Morgan fingerprint density at radius 2 is 1.05 bits per heavy atom. The van der Waals surface area contributed by atoms with Gasteiger partial charge in [-0.15, -0.1) is 0 Å². The first-order valence-corrected chi connectivity index (χ1v) is 26.1. The van der Waals surface area contributed by atoms with Gasteiger partial charge in [-0.2, -0.15) is 8.42 Å². The van der Waals surface area contributed by atoms with Crippen molar-refractivity contribution in [2.45, 2.75) is 218 Å². The van der Waals surface area contributed by atoms with Gasteiger partial charge in [-0.3, -0.25) is 9.35 Å². The van der Waals surface area contributed by atoms with Crippen LogP contribution >= 0.6 is 0 Å². The normalized spacial score (nSPS) is 20.4. The van der Waals surface area contributed by atoms with Crippen LogP contribution in [0, 0.1) is 0 Å². The molecule has 0 spiro atoms. The molecular weight excluding hydrogens is 837 g/mol. The third-order valence-corrected chi connectivity index (χ3v) is 11.3. The molecule has 64 heavy (non-hydrogen) atoms. The third-order valence-electron chi connectivity index (χ3n) is 10.9. The largest absolute Gasteiger partial charge is 0.457 e. The number of aliphatic hydroxyl groups excluding tert-OH is 3. The van der Waals surface area contributed by atoms with E-state index in [1.54, 1.807) is 0 Å². The van der Waals surface area contributed by atoms with Crippen LogP contribution < -0.4 is 0 Å². The minimum Gasteiger partial charge on any atom is -0.457 e. The number of carbonyl (C=O) groups is 1. The van der Waals surface area contributed by atoms with Crippen molar-refractivity contribution in [3.63, 3.8) is 0 Å². The summed E-state index contributed by atoms with van der Waals surface area (Å²) in [5.74, 6) is -0.480. The minimum absolute atomic E-state index is 0.00439. The molecule has 0 aromatic heterocycles. The number of carbonyl (C=O) groups excluding carboxylic acids is 1. The molecule has 0 amide bonds. The molecule has 6 atom stereocenters. The molecule has 0 aromatic carbocycles. The van der Waals surface area contributed by atoms with Gasteiger partial charge in [0.05, 0.1) is 19.8 Å². The molecule has 1 heterocycles. The first kappa shape index (κ1) is 59.6. The summed E-state index contributed by atoms with van der Waals surface area (Å²) in [6.45, 7) is 3.80. The zero-order valence-electron chi connectivity index (χ0n) is 39.6. The second kappa shape index (κ2) is 41.9. The van der Waals surface area contributed by atoms with Crippen LogP contribution in [-0.4, -0.2) is 97.5 Å². The van der Waals surface area contributed by atoms with E-state index in [4.69, 9.17) is 18.9 Å². The first-order valence-electron chi connectivity index (χ1n) is 24.7. The van der Waals surface area contributed by atoms with Crippen LogP contribution in [0.3, 0.4) is 0 Å². The van der Waals surface area contributed by atoms with E-state index in [1.807, 2.05) is 12.2 Å². The summed E-state index contributed by atoms with van der Waals surface area (Å²) in [4.78, 5) is 12.8. The van der Waals surface area contributed by atoms with Crippen molar-refractivity contribution in [2.75, 3.05) is 26.4 Å². The predicted molar refractivity (Wildman–Crippen MR) is 257 cm³/mol. The van der Waals surface area contributed by atoms with Crippen LogP contribution in [-0.2, 0) is 38.3 Å². The van der Waals surface area contributed by atoms with Crippen LogP contribution in [0.2, 0.25) is 0 Å². The summed E-state index contributed by atoms with van der Waals surface area (Å²) in [5, 5.41) is 30.7. The van der Waals surface area contributed by atoms with E-state index >= 15 is 0 Å². The number of aliphatic hydroxyl groups is 3. The Balaban J connectivity index is 2.44. The maximum atomic E-state index is 12.8. The lowest BCUT2D eigenvalue weighted by molar-refractivity contribution is -0.301. The fourth-order valence-corrected chi connectivity index (χ4v) is 7.68. The number of hydrogen-bond donors (Lipinski definition) is 4. The highest BCUT2D eigenvalue weighted by molar-refractivity contribution is 7.80. The molecule has 370 valence electrons. The van der Waals surface area contributed by atoms with Gasteiger partial charge < -0.3 is 34.3 Å². The van der Waals surface area contributed by atoms with E-state index in [0.717, 1.165) is 57.8 Å². The monoisotopic (exact) mass is 925 g/mol. The summed E-state index contributed by atoms with van der Waals surface area (Å²) < 4.78 is 59.1. The number of ether oxygens (including phenoxy) is 4. The average molecular weight is 925 g/mol. The highest BCUT2D eigenvalue weighted by Gasteiger charge is 2.48. The number of rotatable bonds is 42. The van der Waals surface area contributed by atoms with Crippen molar-refractivity contribution < 1.29 is 56.2 Å². The van der Waals surface area contributed by atoms with E-state index in [1.165, 1.54) is 96.3 Å². The number of unbranched alkanes of at least 4 members (excludes halogenated alkanes) is 17. The minimum atomic E-state index is -5.08. The van der Waals surface area contributed by atoms with Crippen molar-refractivity contribution >= 4 is 16.4 Å². The van der Waals surface area contributed by atoms with Crippen LogP contribution in [0.1, 0.15) is 181 Å². The van der Waals surface area contributed by atoms with Crippen LogP contribution in [0.4, 0.5) is 0 Å². The van der Waals surface area contributed by atoms with Crippen molar-refractivity contribution in [1.29, 1.82) is 0 Å². The second-order valence-corrected chi connectivity index (χ2v) is 17.7. The lowest BCUT2D eigenvalue weighted by atomic mass is 9.99. The van der Waals surface area contributed by atoms with Gasteiger partial charge >= 0.3 is 16.4 Å². The lowest BCUT2D eigenvalue weighted by Gasteiger charge is -2.41. The first-order chi connectivity index (χ1) is 31.1. The molecule has 1 aliphatic rings. The Bertz CT molecular complexity index is 1390. The van der Waals surface area contributed by atoms with Gasteiger partial charge in [0.1, 0.15) is 30.5 Å².